The average Bonchev–Trinajstić information content (AvgIpc) is 3.35. The van der Waals surface area contributed by atoms with Crippen LogP contribution in [-0.2, 0) is 0 Å². The number of ether oxygens (including phenoxy) is 1. The minimum atomic E-state index is -0.592. The van der Waals surface area contributed by atoms with Gasteiger partial charge in [0, 0.05) is 5.56 Å². The summed E-state index contributed by atoms with van der Waals surface area (Å²) in [5.41, 5.74) is 9.95. The van der Waals surface area contributed by atoms with Crippen LogP contribution in [0.3, 0.4) is 0 Å². The van der Waals surface area contributed by atoms with E-state index in [-0.39, 0.29) is 17.0 Å². The minimum Gasteiger partial charge on any atom is -0.491 e. The molecular formula is C31H26FN5O3. The van der Waals surface area contributed by atoms with Crippen molar-refractivity contribution in [3.05, 3.63) is 100 Å². The highest BCUT2D eigenvalue weighted by Crippen LogP contribution is 2.37. The molecule has 0 fully saturated rings. The molecule has 6 aromatic rings. The van der Waals surface area contributed by atoms with Gasteiger partial charge in [0.05, 0.1) is 22.9 Å². The fraction of sp³-hybridized carbons (Fsp3) is 0.161. The number of rotatable bonds is 6. The molecule has 0 radical (unpaired) electrons. The maximum atomic E-state index is 14.8. The molecule has 3 aromatic carbocycles. The first-order valence-corrected chi connectivity index (χ1v) is 12.9. The van der Waals surface area contributed by atoms with E-state index in [9.17, 15) is 9.18 Å². The van der Waals surface area contributed by atoms with Crippen LogP contribution in [0.25, 0.3) is 44.4 Å². The number of hydrogen-bond acceptors (Lipinski definition) is 7. The number of fused-ring (bicyclic) bond motifs is 2. The van der Waals surface area contributed by atoms with E-state index in [0.29, 0.717) is 51.2 Å². The lowest BCUT2D eigenvalue weighted by atomic mass is 9.98. The summed E-state index contributed by atoms with van der Waals surface area (Å²) in [5.74, 6) is 0.244. The van der Waals surface area contributed by atoms with Gasteiger partial charge in [-0.3, -0.25) is 4.79 Å². The first-order valence-electron chi connectivity index (χ1n) is 12.9. The number of hydrogen-bond donors (Lipinski definition) is 1. The van der Waals surface area contributed by atoms with E-state index in [0.717, 1.165) is 11.1 Å². The Hall–Kier alpha value is -5.05. The molecule has 9 heteroatoms. The van der Waals surface area contributed by atoms with E-state index in [1.54, 1.807) is 29.8 Å². The van der Waals surface area contributed by atoms with E-state index in [1.807, 2.05) is 56.3 Å². The predicted molar refractivity (Wildman–Crippen MR) is 153 cm³/mol. The molecule has 0 aliphatic rings. The van der Waals surface area contributed by atoms with Crippen LogP contribution < -0.4 is 15.9 Å². The van der Waals surface area contributed by atoms with Crippen LogP contribution in [0.4, 0.5) is 10.2 Å². The molecule has 0 spiro atoms. The molecule has 1 atom stereocenters. The molecule has 8 nitrogen and oxygen atoms in total. The van der Waals surface area contributed by atoms with Gasteiger partial charge in [-0.05, 0) is 56.2 Å². The quantitative estimate of drug-likeness (QED) is 0.266. The lowest BCUT2D eigenvalue weighted by Gasteiger charge is -2.17. The van der Waals surface area contributed by atoms with Crippen molar-refractivity contribution in [2.45, 2.75) is 26.8 Å². The third kappa shape index (κ3) is 4.07. The standard InChI is InChI=1S/C31H26FN5O3/c1-4-39-22-14-13-20(15-21(22)32)27-26-30(33)34-16-35-31(26)37(36-27)18(3)29-25(19-10-6-5-7-11-19)28(38)24-17(2)9-8-12-23(24)40-29/h5-16,18H,4H2,1-3H3,(H2,33,34,35)/t18-/m0/s1. The Morgan fingerprint density at radius 3 is 2.58 bits per heavy atom. The van der Waals surface area contributed by atoms with Crippen LogP contribution in [0.15, 0.2) is 82.3 Å². The molecule has 0 saturated carbocycles. The van der Waals surface area contributed by atoms with Crippen molar-refractivity contribution >= 4 is 27.8 Å². The largest absolute Gasteiger partial charge is 0.491 e. The van der Waals surface area contributed by atoms with E-state index >= 15 is 0 Å². The summed E-state index contributed by atoms with van der Waals surface area (Å²) in [5, 5.41) is 5.84. The summed E-state index contributed by atoms with van der Waals surface area (Å²) < 4.78 is 28.3. The molecule has 3 heterocycles. The summed E-state index contributed by atoms with van der Waals surface area (Å²) in [6.07, 6.45) is 1.35. The van der Waals surface area contributed by atoms with E-state index in [4.69, 9.17) is 20.0 Å². The van der Waals surface area contributed by atoms with Gasteiger partial charge in [-0.2, -0.15) is 5.10 Å². The molecule has 3 aromatic heterocycles. The molecule has 200 valence electrons. The van der Waals surface area contributed by atoms with Gasteiger partial charge < -0.3 is 14.9 Å². The monoisotopic (exact) mass is 535 g/mol. The summed E-state index contributed by atoms with van der Waals surface area (Å²) in [7, 11) is 0. The number of aromatic nitrogens is 4. The summed E-state index contributed by atoms with van der Waals surface area (Å²) in [6.45, 7) is 5.89. The summed E-state index contributed by atoms with van der Waals surface area (Å²) >= 11 is 0. The number of nitrogens with zero attached hydrogens (tertiary/aromatic N) is 4. The fourth-order valence-corrected chi connectivity index (χ4v) is 5.09. The second-order valence-corrected chi connectivity index (χ2v) is 9.49. The molecule has 0 bridgehead atoms. The van der Waals surface area contributed by atoms with Crippen molar-refractivity contribution in [2.75, 3.05) is 12.3 Å². The minimum absolute atomic E-state index is 0.133. The van der Waals surface area contributed by atoms with Crippen LogP contribution in [-0.4, -0.2) is 26.4 Å². The van der Waals surface area contributed by atoms with E-state index in [1.165, 1.54) is 12.4 Å². The highest BCUT2D eigenvalue weighted by molar-refractivity contribution is 5.98. The van der Waals surface area contributed by atoms with Crippen LogP contribution in [0, 0.1) is 12.7 Å². The van der Waals surface area contributed by atoms with Gasteiger partial charge >= 0.3 is 0 Å². The third-order valence-corrected chi connectivity index (χ3v) is 6.99. The van der Waals surface area contributed by atoms with Gasteiger partial charge in [-0.15, -0.1) is 0 Å². The molecular weight excluding hydrogens is 509 g/mol. The highest BCUT2D eigenvalue weighted by atomic mass is 19.1. The number of aryl methyl sites for hydroxylation is 1. The molecule has 0 amide bonds. The molecule has 40 heavy (non-hydrogen) atoms. The highest BCUT2D eigenvalue weighted by Gasteiger charge is 2.27. The summed E-state index contributed by atoms with van der Waals surface area (Å²) in [6, 6.07) is 19.0. The van der Waals surface area contributed by atoms with Gasteiger partial charge in [-0.1, -0.05) is 42.5 Å². The lowest BCUT2D eigenvalue weighted by Crippen LogP contribution is -2.16. The van der Waals surface area contributed by atoms with Crippen LogP contribution in [0.5, 0.6) is 5.75 Å². The number of halogens is 1. The molecule has 0 saturated heterocycles. The molecule has 6 rings (SSSR count). The number of nitrogens with two attached hydrogens (primary N) is 1. The molecule has 2 N–H and O–H groups in total. The smallest absolute Gasteiger partial charge is 0.201 e. The Labute approximate surface area is 228 Å². The van der Waals surface area contributed by atoms with Crippen LogP contribution in [0.2, 0.25) is 0 Å². The van der Waals surface area contributed by atoms with Crippen LogP contribution >= 0.6 is 0 Å². The van der Waals surface area contributed by atoms with Crippen molar-refractivity contribution in [1.82, 2.24) is 19.7 Å². The Morgan fingerprint density at radius 1 is 1.02 bits per heavy atom. The zero-order valence-electron chi connectivity index (χ0n) is 22.2. The number of nitrogen functional groups attached to an aromatic ring is 1. The first-order chi connectivity index (χ1) is 19.4. The van der Waals surface area contributed by atoms with Crippen molar-refractivity contribution in [3.8, 4) is 28.1 Å². The second-order valence-electron chi connectivity index (χ2n) is 9.49. The van der Waals surface area contributed by atoms with Crippen molar-refractivity contribution in [1.29, 1.82) is 0 Å². The fourth-order valence-electron chi connectivity index (χ4n) is 5.09. The lowest BCUT2D eigenvalue weighted by molar-refractivity contribution is 0.321. The second kappa shape index (κ2) is 9.92. The van der Waals surface area contributed by atoms with Gasteiger partial charge in [0.15, 0.2) is 17.2 Å². The Morgan fingerprint density at radius 2 is 1.82 bits per heavy atom. The maximum Gasteiger partial charge on any atom is 0.201 e. The zero-order chi connectivity index (χ0) is 28.0. The van der Waals surface area contributed by atoms with Crippen molar-refractivity contribution in [2.24, 2.45) is 0 Å². The Bertz CT molecular complexity index is 1950. The van der Waals surface area contributed by atoms with Gasteiger partial charge in [-0.25, -0.2) is 19.0 Å². The van der Waals surface area contributed by atoms with Crippen molar-refractivity contribution in [3.63, 3.8) is 0 Å². The van der Waals surface area contributed by atoms with E-state index < -0.39 is 11.9 Å². The Balaban J connectivity index is 1.61. The number of benzene rings is 3. The van der Waals surface area contributed by atoms with Gasteiger partial charge in [0.1, 0.15) is 35.2 Å². The molecule has 0 aliphatic carbocycles. The SMILES string of the molecule is CCOc1ccc(-c2nn([C@@H](C)c3oc4cccc(C)c4c(=O)c3-c3ccccc3)c3ncnc(N)c23)cc1F. The number of anilines is 1. The molecule has 0 aliphatic heterocycles. The first kappa shape index (κ1) is 25.2. The van der Waals surface area contributed by atoms with Crippen molar-refractivity contribution < 1.29 is 13.5 Å². The third-order valence-electron chi connectivity index (χ3n) is 6.99. The van der Waals surface area contributed by atoms with Gasteiger partial charge in [0.2, 0.25) is 5.43 Å². The maximum absolute atomic E-state index is 14.8. The molecule has 0 unspecified atom stereocenters. The van der Waals surface area contributed by atoms with Gasteiger partial charge in [0.25, 0.3) is 0 Å². The average molecular weight is 536 g/mol. The summed E-state index contributed by atoms with van der Waals surface area (Å²) in [4.78, 5) is 22.6. The van der Waals surface area contributed by atoms with E-state index in [2.05, 4.69) is 9.97 Å². The zero-order valence-corrected chi connectivity index (χ0v) is 22.2. The normalized spacial score (nSPS) is 12.2. The van der Waals surface area contributed by atoms with Crippen LogP contribution in [0.1, 0.15) is 31.2 Å². The Kier molecular flexibility index (Phi) is 6.26. The topological polar surface area (TPSA) is 109 Å². The predicted octanol–water partition coefficient (Wildman–Crippen LogP) is 6.30.